The maximum atomic E-state index is 2.66. The summed E-state index contributed by atoms with van der Waals surface area (Å²) < 4.78 is 0. The molecule has 0 bridgehead atoms. The lowest BCUT2D eigenvalue weighted by molar-refractivity contribution is 0.550. The summed E-state index contributed by atoms with van der Waals surface area (Å²) in [7, 11) is -4.19. The Kier molecular flexibility index (Phi) is 7.60. The van der Waals surface area contributed by atoms with E-state index in [1.165, 1.54) is 19.3 Å². The van der Waals surface area contributed by atoms with E-state index in [1.807, 2.05) is 0 Å². The number of hydrogen-bond donors (Lipinski definition) is 0. The van der Waals surface area contributed by atoms with Gasteiger partial charge in [0.2, 0.25) is 0 Å². The Morgan fingerprint density at radius 2 is 0.879 bits per heavy atom. The molecule has 3 rings (SSSR count). The zero-order valence-corrected chi connectivity index (χ0v) is 24.2. The summed E-state index contributed by atoms with van der Waals surface area (Å²) >= 11 is 0. The summed E-state index contributed by atoms with van der Waals surface area (Å²) in [5, 5.41) is 6.99. The van der Waals surface area contributed by atoms with Crippen LogP contribution in [0.5, 0.6) is 0 Å². The molecule has 176 valence electrons. The van der Waals surface area contributed by atoms with Crippen LogP contribution in [0.4, 0.5) is 0 Å². The third-order valence-electron chi connectivity index (χ3n) is 9.71. The second kappa shape index (κ2) is 9.76. The third-order valence-corrected chi connectivity index (χ3v) is 22.1. The maximum absolute atomic E-state index is 2.66. The molecule has 0 aliphatic carbocycles. The van der Waals surface area contributed by atoms with E-state index in [0.717, 1.165) is 0 Å². The Morgan fingerprint density at radius 3 is 1.27 bits per heavy atom. The van der Waals surface area contributed by atoms with Gasteiger partial charge in [0, 0.05) is 0 Å². The second-order valence-electron chi connectivity index (χ2n) is 11.0. The van der Waals surface area contributed by atoms with Crippen molar-refractivity contribution >= 4 is 36.9 Å². The van der Waals surface area contributed by atoms with Gasteiger partial charge in [-0.15, -0.1) is 0 Å². The fraction of sp³-hybridized carbons (Fsp3) is 0.419. The topological polar surface area (TPSA) is 0 Å². The molecule has 0 radical (unpaired) electrons. The van der Waals surface area contributed by atoms with Gasteiger partial charge in [-0.3, -0.25) is 0 Å². The quantitative estimate of drug-likeness (QED) is 0.299. The highest BCUT2D eigenvalue weighted by atomic mass is 28.3. The van der Waals surface area contributed by atoms with Crippen LogP contribution in [-0.4, -0.2) is 16.1 Å². The summed E-state index contributed by atoms with van der Waals surface area (Å²) in [5.41, 5.74) is 0. The van der Waals surface area contributed by atoms with E-state index in [0.29, 0.717) is 0 Å². The van der Waals surface area contributed by atoms with E-state index >= 15 is 0 Å². The van der Waals surface area contributed by atoms with Gasteiger partial charge in [-0.1, -0.05) is 180 Å². The molecule has 0 saturated carbocycles. The van der Waals surface area contributed by atoms with Gasteiger partial charge in [-0.05, 0) is 10.1 Å². The van der Waals surface area contributed by atoms with Crippen LogP contribution in [0.15, 0.2) is 84.9 Å². The van der Waals surface area contributed by atoms with Gasteiger partial charge < -0.3 is 0 Å². The summed E-state index contributed by atoms with van der Waals surface area (Å²) in [6, 6.07) is 32.6. The lowest BCUT2D eigenvalue weighted by Gasteiger charge is -2.50. The van der Waals surface area contributed by atoms with Gasteiger partial charge in [-0.2, -0.15) is 0 Å². The number of rotatable bonds is 9. The summed E-state index contributed by atoms with van der Waals surface area (Å²) in [6.07, 6.45) is 3.59. The van der Waals surface area contributed by atoms with Crippen molar-refractivity contribution < 1.29 is 0 Å². The smallest absolute Gasteiger partial charge is 0.0651 e. The first kappa shape index (κ1) is 25.7. The van der Waals surface area contributed by atoms with Crippen LogP contribution in [0.1, 0.15) is 60.8 Å². The first-order valence-corrected chi connectivity index (χ1v) is 17.8. The van der Waals surface area contributed by atoms with Crippen LogP contribution in [0.2, 0.25) is 23.2 Å². The standard InChI is InChI=1S/C31H44Si2/c1-9-30(4,5)32(7,26-20-14-12-15-21-26)28-24-18-19-25-29(28)33(8,31(6,10-2)11-3)27-22-16-13-17-23-27/h12-25H,9-11H2,1-8H3. The van der Waals surface area contributed by atoms with E-state index in [-0.39, 0.29) is 10.1 Å². The van der Waals surface area contributed by atoms with E-state index in [1.54, 1.807) is 20.7 Å². The Morgan fingerprint density at radius 1 is 0.515 bits per heavy atom. The normalized spacial score (nSPS) is 16.1. The average molecular weight is 473 g/mol. The van der Waals surface area contributed by atoms with Gasteiger partial charge in [0.25, 0.3) is 0 Å². The van der Waals surface area contributed by atoms with Crippen LogP contribution in [0, 0.1) is 0 Å². The molecule has 33 heavy (non-hydrogen) atoms. The molecule has 2 heteroatoms. The van der Waals surface area contributed by atoms with Crippen molar-refractivity contribution in [2.24, 2.45) is 0 Å². The molecular weight excluding hydrogens is 429 g/mol. The van der Waals surface area contributed by atoms with Crippen molar-refractivity contribution in [2.75, 3.05) is 0 Å². The fourth-order valence-corrected chi connectivity index (χ4v) is 16.9. The molecule has 0 fully saturated rings. The van der Waals surface area contributed by atoms with Gasteiger partial charge in [0.15, 0.2) is 0 Å². The predicted molar refractivity (Wildman–Crippen MR) is 154 cm³/mol. The van der Waals surface area contributed by atoms with Crippen LogP contribution >= 0.6 is 0 Å². The largest absolute Gasteiger partial charge is 0.120 e. The van der Waals surface area contributed by atoms with Gasteiger partial charge in [0.1, 0.15) is 16.1 Å². The Hall–Kier alpha value is -1.91. The average Bonchev–Trinajstić information content (AvgIpc) is 2.88. The summed E-state index contributed by atoms with van der Waals surface area (Å²) in [6.45, 7) is 20.1. The lowest BCUT2D eigenvalue weighted by atomic mass is 10.1. The van der Waals surface area contributed by atoms with Crippen molar-refractivity contribution in [3.8, 4) is 0 Å². The third kappa shape index (κ3) is 4.10. The number of benzene rings is 3. The molecule has 0 aliphatic rings. The van der Waals surface area contributed by atoms with E-state index in [4.69, 9.17) is 0 Å². The highest BCUT2D eigenvalue weighted by molar-refractivity contribution is 7.11. The van der Waals surface area contributed by atoms with Gasteiger partial charge in [-0.25, -0.2) is 0 Å². The molecule has 0 spiro atoms. The zero-order chi connectivity index (χ0) is 24.3. The van der Waals surface area contributed by atoms with Crippen LogP contribution < -0.4 is 20.7 Å². The van der Waals surface area contributed by atoms with Gasteiger partial charge >= 0.3 is 0 Å². The Bertz CT molecular complexity index is 1040. The minimum Gasteiger partial charge on any atom is -0.0651 e. The second-order valence-corrected chi connectivity index (χ2v) is 20.3. The summed E-state index contributed by atoms with van der Waals surface area (Å²) in [5.74, 6) is 0. The molecule has 0 heterocycles. The van der Waals surface area contributed by atoms with Crippen LogP contribution in [0.25, 0.3) is 0 Å². The molecule has 2 atom stereocenters. The maximum Gasteiger partial charge on any atom is 0.120 e. The van der Waals surface area contributed by atoms with Crippen molar-refractivity contribution in [3.05, 3.63) is 84.9 Å². The fourth-order valence-electron chi connectivity index (χ4n) is 5.95. The molecule has 0 aromatic heterocycles. The van der Waals surface area contributed by atoms with Crippen molar-refractivity contribution in [3.63, 3.8) is 0 Å². The molecule has 0 nitrogen and oxygen atoms in total. The molecule has 3 aromatic rings. The monoisotopic (exact) mass is 472 g/mol. The van der Waals surface area contributed by atoms with E-state index in [2.05, 4.69) is 140 Å². The van der Waals surface area contributed by atoms with Crippen molar-refractivity contribution in [2.45, 2.75) is 84.0 Å². The molecule has 0 amide bonds. The molecule has 0 aliphatic heterocycles. The predicted octanol–water partition coefficient (Wildman–Crippen LogP) is 6.84. The van der Waals surface area contributed by atoms with Crippen LogP contribution in [-0.2, 0) is 0 Å². The summed E-state index contributed by atoms with van der Waals surface area (Å²) in [4.78, 5) is 0. The molecule has 2 unspecified atom stereocenters. The minimum atomic E-state index is -2.10. The number of hydrogen-bond acceptors (Lipinski definition) is 0. The first-order chi connectivity index (χ1) is 15.6. The minimum absolute atomic E-state index is 0.241. The lowest BCUT2D eigenvalue weighted by Crippen LogP contribution is -2.74. The Balaban J connectivity index is 2.45. The van der Waals surface area contributed by atoms with Crippen molar-refractivity contribution in [1.82, 2.24) is 0 Å². The zero-order valence-electron chi connectivity index (χ0n) is 22.2. The highest BCUT2D eigenvalue weighted by Crippen LogP contribution is 2.45. The SMILES string of the molecule is CCC(C)(C)[Si](C)(c1ccccc1)c1ccccc1[Si](C)(c1ccccc1)C(C)(CC)CC. The molecular formula is C31H44Si2. The van der Waals surface area contributed by atoms with Crippen LogP contribution in [0.3, 0.4) is 0 Å². The Labute approximate surface area is 205 Å². The molecule has 0 N–H and O–H groups in total. The molecule has 3 aromatic carbocycles. The first-order valence-electron chi connectivity index (χ1n) is 12.8. The van der Waals surface area contributed by atoms with E-state index in [9.17, 15) is 0 Å². The highest BCUT2D eigenvalue weighted by Gasteiger charge is 2.52. The van der Waals surface area contributed by atoms with Gasteiger partial charge in [0.05, 0.1) is 0 Å². The van der Waals surface area contributed by atoms with Crippen molar-refractivity contribution in [1.29, 1.82) is 0 Å². The van der Waals surface area contributed by atoms with E-state index < -0.39 is 16.1 Å². The molecule has 0 saturated heterocycles.